The van der Waals surface area contributed by atoms with Crippen molar-refractivity contribution in [1.29, 1.82) is 0 Å². The first-order chi connectivity index (χ1) is 11.1. The molecule has 0 saturated heterocycles. The van der Waals surface area contributed by atoms with Crippen LogP contribution in [0.25, 0.3) is 17.0 Å². The molecule has 120 valence electrons. The smallest absolute Gasteiger partial charge is 0.331 e. The van der Waals surface area contributed by atoms with E-state index in [9.17, 15) is 9.59 Å². The number of benzene rings is 1. The molecule has 0 aliphatic carbocycles. The molecule has 1 heterocycles. The van der Waals surface area contributed by atoms with Crippen LogP contribution in [-0.2, 0) is 14.3 Å². The molecule has 1 N–H and O–H groups in total. The zero-order valence-corrected chi connectivity index (χ0v) is 13.3. The van der Waals surface area contributed by atoms with Gasteiger partial charge in [-0.2, -0.15) is 0 Å². The number of nitrogens with one attached hydrogen (secondary N) is 1. The summed E-state index contributed by atoms with van der Waals surface area (Å²) in [6.45, 7) is 4.28. The van der Waals surface area contributed by atoms with Crippen LogP contribution in [0.2, 0.25) is 0 Å². The Bertz CT molecular complexity index is 718. The molecule has 0 atom stereocenters. The zero-order chi connectivity index (χ0) is 16.7. The molecule has 0 aliphatic rings. The summed E-state index contributed by atoms with van der Waals surface area (Å²) in [6, 6.07) is 9.54. The lowest BCUT2D eigenvalue weighted by Gasteiger charge is -2.07. The number of ether oxygens (including phenoxy) is 1. The second-order valence-electron chi connectivity index (χ2n) is 5.56. The molecular weight excluding hydrogens is 292 g/mol. The van der Waals surface area contributed by atoms with Crippen LogP contribution in [0.15, 0.2) is 42.6 Å². The van der Waals surface area contributed by atoms with Crippen molar-refractivity contribution in [3.63, 3.8) is 0 Å². The molecule has 2 rings (SSSR count). The molecule has 0 fully saturated rings. The summed E-state index contributed by atoms with van der Waals surface area (Å²) in [5, 5.41) is 3.68. The van der Waals surface area contributed by atoms with Crippen molar-refractivity contribution in [3.8, 4) is 0 Å². The maximum atomic E-state index is 11.7. The van der Waals surface area contributed by atoms with Crippen LogP contribution in [0.3, 0.4) is 0 Å². The topological polar surface area (TPSA) is 68.3 Å². The molecule has 0 radical (unpaired) electrons. The van der Waals surface area contributed by atoms with E-state index in [2.05, 4.69) is 10.3 Å². The summed E-state index contributed by atoms with van der Waals surface area (Å²) in [7, 11) is 0. The van der Waals surface area contributed by atoms with E-state index in [0.29, 0.717) is 12.5 Å². The molecule has 0 unspecified atom stereocenters. The summed E-state index contributed by atoms with van der Waals surface area (Å²) >= 11 is 0. The molecular formula is C18H20N2O3. The number of carbonyl (C=O) groups excluding carboxylic acids is 2. The van der Waals surface area contributed by atoms with E-state index in [1.165, 1.54) is 6.08 Å². The number of hydrogen-bond donors (Lipinski definition) is 1. The number of para-hydroxylation sites is 1. The quantitative estimate of drug-likeness (QED) is 0.657. The van der Waals surface area contributed by atoms with Gasteiger partial charge in [0.2, 0.25) is 0 Å². The van der Waals surface area contributed by atoms with Crippen molar-refractivity contribution >= 4 is 28.9 Å². The normalized spacial score (nSPS) is 11.1. The Balaban J connectivity index is 1.92. The molecule has 23 heavy (non-hydrogen) atoms. The summed E-state index contributed by atoms with van der Waals surface area (Å²) in [5.41, 5.74) is 1.64. The van der Waals surface area contributed by atoms with Crippen molar-refractivity contribution in [3.05, 3.63) is 48.2 Å². The predicted octanol–water partition coefficient (Wildman–Crippen LogP) is 2.56. The number of pyridine rings is 1. The number of carbonyl (C=O) groups is 2. The number of nitrogens with zero attached hydrogens (tertiary/aromatic N) is 1. The highest BCUT2D eigenvalue weighted by atomic mass is 16.5. The van der Waals surface area contributed by atoms with E-state index >= 15 is 0 Å². The number of fused-ring (bicyclic) bond motifs is 1. The van der Waals surface area contributed by atoms with E-state index < -0.39 is 5.97 Å². The third-order valence-corrected chi connectivity index (χ3v) is 3.12. The van der Waals surface area contributed by atoms with Crippen molar-refractivity contribution in [2.45, 2.75) is 13.8 Å². The van der Waals surface area contributed by atoms with Crippen LogP contribution in [0.1, 0.15) is 19.4 Å². The monoisotopic (exact) mass is 312 g/mol. The first-order valence-electron chi connectivity index (χ1n) is 7.51. The van der Waals surface area contributed by atoms with Gasteiger partial charge >= 0.3 is 5.97 Å². The van der Waals surface area contributed by atoms with Gasteiger partial charge in [-0.05, 0) is 18.1 Å². The maximum absolute atomic E-state index is 11.7. The van der Waals surface area contributed by atoms with Gasteiger partial charge in [-0.25, -0.2) is 4.79 Å². The summed E-state index contributed by atoms with van der Waals surface area (Å²) in [4.78, 5) is 27.5. The van der Waals surface area contributed by atoms with Crippen molar-refractivity contribution < 1.29 is 14.3 Å². The van der Waals surface area contributed by atoms with Gasteiger partial charge in [0.25, 0.3) is 5.91 Å². The number of hydrogen-bond acceptors (Lipinski definition) is 4. The third-order valence-electron chi connectivity index (χ3n) is 3.12. The number of esters is 1. The lowest BCUT2D eigenvalue weighted by atomic mass is 10.1. The SMILES string of the molecule is CC(C)CNC(=O)COC(=O)/C=C/c1cccc2cccnc12. The Morgan fingerprint density at radius 1 is 1.26 bits per heavy atom. The fraction of sp³-hybridized carbons (Fsp3) is 0.278. The van der Waals surface area contributed by atoms with Crippen LogP contribution in [0, 0.1) is 5.92 Å². The molecule has 1 aromatic heterocycles. The zero-order valence-electron chi connectivity index (χ0n) is 13.3. The molecule has 0 aliphatic heterocycles. The van der Waals surface area contributed by atoms with Crippen molar-refractivity contribution in [2.75, 3.05) is 13.2 Å². The minimum absolute atomic E-state index is 0.274. The Morgan fingerprint density at radius 3 is 2.83 bits per heavy atom. The molecule has 5 nitrogen and oxygen atoms in total. The maximum Gasteiger partial charge on any atom is 0.331 e. The first-order valence-corrected chi connectivity index (χ1v) is 7.51. The van der Waals surface area contributed by atoms with Gasteiger partial charge in [-0.15, -0.1) is 0 Å². The molecule has 5 heteroatoms. The van der Waals surface area contributed by atoms with Gasteiger partial charge < -0.3 is 10.1 Å². The minimum atomic E-state index is -0.558. The number of aromatic nitrogens is 1. The van der Waals surface area contributed by atoms with Gasteiger partial charge in [-0.3, -0.25) is 9.78 Å². The Morgan fingerprint density at radius 2 is 2.04 bits per heavy atom. The molecule has 2 aromatic rings. The molecule has 1 amide bonds. The fourth-order valence-electron chi connectivity index (χ4n) is 1.97. The molecule has 0 spiro atoms. The highest BCUT2D eigenvalue weighted by Crippen LogP contribution is 2.17. The van der Waals surface area contributed by atoms with E-state index in [4.69, 9.17) is 4.74 Å². The Kier molecular flexibility index (Phi) is 5.86. The van der Waals surface area contributed by atoms with Gasteiger partial charge in [0, 0.05) is 29.8 Å². The first kappa shape index (κ1) is 16.7. The molecule has 0 saturated carbocycles. The van der Waals surface area contributed by atoms with E-state index in [1.807, 2.05) is 44.2 Å². The summed E-state index contributed by atoms with van der Waals surface area (Å²) in [5.74, 6) is -0.502. The fourth-order valence-corrected chi connectivity index (χ4v) is 1.97. The standard InChI is InChI=1S/C18H20N2O3/c1-13(2)11-20-16(21)12-23-17(22)9-8-15-6-3-5-14-7-4-10-19-18(14)15/h3-10,13H,11-12H2,1-2H3,(H,20,21)/b9-8+. The molecule has 1 aromatic carbocycles. The van der Waals surface area contributed by atoms with Crippen LogP contribution < -0.4 is 5.32 Å². The largest absolute Gasteiger partial charge is 0.452 e. The van der Waals surface area contributed by atoms with Crippen LogP contribution in [0.4, 0.5) is 0 Å². The van der Waals surface area contributed by atoms with E-state index in [-0.39, 0.29) is 12.5 Å². The number of rotatable bonds is 6. The lowest BCUT2D eigenvalue weighted by molar-refractivity contribution is -0.143. The second kappa shape index (κ2) is 8.08. The Labute approximate surface area is 135 Å². The molecule has 0 bridgehead atoms. The lowest BCUT2D eigenvalue weighted by Crippen LogP contribution is -2.31. The highest BCUT2D eigenvalue weighted by Gasteiger charge is 2.06. The average molecular weight is 312 g/mol. The summed E-state index contributed by atoms with van der Waals surface area (Å²) in [6.07, 6.45) is 4.65. The van der Waals surface area contributed by atoms with Crippen LogP contribution in [-0.4, -0.2) is 30.0 Å². The van der Waals surface area contributed by atoms with E-state index in [0.717, 1.165) is 16.5 Å². The van der Waals surface area contributed by atoms with E-state index in [1.54, 1.807) is 12.3 Å². The van der Waals surface area contributed by atoms with Gasteiger partial charge in [0.15, 0.2) is 6.61 Å². The number of amides is 1. The predicted molar refractivity (Wildman–Crippen MR) is 89.6 cm³/mol. The minimum Gasteiger partial charge on any atom is -0.452 e. The van der Waals surface area contributed by atoms with Gasteiger partial charge in [0.1, 0.15) is 0 Å². The summed E-state index contributed by atoms with van der Waals surface area (Å²) < 4.78 is 4.91. The van der Waals surface area contributed by atoms with Gasteiger partial charge in [-0.1, -0.05) is 38.1 Å². The second-order valence-corrected chi connectivity index (χ2v) is 5.56. The highest BCUT2D eigenvalue weighted by molar-refractivity contribution is 5.93. The van der Waals surface area contributed by atoms with Crippen molar-refractivity contribution in [1.82, 2.24) is 10.3 Å². The average Bonchev–Trinajstić information content (AvgIpc) is 2.56. The van der Waals surface area contributed by atoms with Crippen LogP contribution in [0.5, 0.6) is 0 Å². The van der Waals surface area contributed by atoms with Crippen LogP contribution >= 0.6 is 0 Å². The van der Waals surface area contributed by atoms with Gasteiger partial charge in [0.05, 0.1) is 5.52 Å². The Hall–Kier alpha value is -2.69. The third kappa shape index (κ3) is 5.21. The van der Waals surface area contributed by atoms with Crippen molar-refractivity contribution in [2.24, 2.45) is 5.92 Å².